The van der Waals surface area contributed by atoms with Gasteiger partial charge in [0.25, 0.3) is 0 Å². The molecule has 27 rings (SSSR count). The van der Waals surface area contributed by atoms with E-state index in [2.05, 4.69) is 194 Å². The Morgan fingerprint density at radius 3 is 0.901 bits per heavy atom. The maximum atomic E-state index is 6.00. The van der Waals surface area contributed by atoms with Crippen LogP contribution >= 0.6 is 0 Å². The van der Waals surface area contributed by atoms with E-state index in [0.717, 1.165) is 105 Å². The SMILES string of the molecule is CC(C)(C)C1(C)CCCC1.CC(C)C1(C)CCCC1.CC(C)C1(C)CCCCC1.CC1(C)CC2CC1C1C3CCC(C3)C21.CC1(C)CC2CC1C1CCCC21.CC1(C)CCCC1.CC1(C)CCCCC1.CC1(C2CC3CCC2O3)CCCC1.CC1(C2CC3CCC2O3)CCCCC1.CCC1(C)CCCC1.CCC1(C)CCCCC1.CC[C@@]1(C)CC2CC1C1C3CCC(C3)C21.CC[C@@]1(C)CC2CC1C1CCCC21. The predicted octanol–water partition coefficient (Wildman–Crippen LogP) is 44.2. The van der Waals surface area contributed by atoms with Gasteiger partial charge in [-0.1, -0.05) is 374 Å². The van der Waals surface area contributed by atoms with Crippen LogP contribution in [-0.4, -0.2) is 24.4 Å². The van der Waals surface area contributed by atoms with Crippen molar-refractivity contribution in [3.63, 3.8) is 0 Å². The van der Waals surface area contributed by atoms with Crippen molar-refractivity contribution in [1.82, 2.24) is 0 Å². The Hall–Kier alpha value is -0.0800. The summed E-state index contributed by atoms with van der Waals surface area (Å²) in [7, 11) is 0. The van der Waals surface area contributed by atoms with Gasteiger partial charge in [-0.2, -0.15) is 0 Å². The Morgan fingerprint density at radius 2 is 0.542 bits per heavy atom. The van der Waals surface area contributed by atoms with Crippen LogP contribution in [0.1, 0.15) is 643 Å². The Bertz CT molecular complexity index is 3710. The molecule has 4 saturated heterocycles. The lowest BCUT2D eigenvalue weighted by Gasteiger charge is -2.44. The molecule has 16 bridgehead atoms. The van der Waals surface area contributed by atoms with Crippen LogP contribution in [0.5, 0.6) is 0 Å². The Kier molecular flexibility index (Phi) is 39.1. The van der Waals surface area contributed by atoms with E-state index in [1.165, 1.54) is 380 Å². The minimum atomic E-state index is 0.517. The van der Waals surface area contributed by atoms with E-state index in [-0.39, 0.29) is 0 Å². The van der Waals surface area contributed by atoms with E-state index in [1.54, 1.807) is 128 Å². The number of hydrogen-bond donors (Lipinski definition) is 0. The average molecular weight is 1970 g/mol. The minimum absolute atomic E-state index is 0.517. The van der Waals surface area contributed by atoms with Gasteiger partial charge in [0, 0.05) is 0 Å². The molecule has 26 unspecified atom stereocenters. The molecule has 28 atom stereocenters. The van der Waals surface area contributed by atoms with Crippen molar-refractivity contribution in [3.8, 4) is 0 Å². The number of rotatable bonds is 8. The summed E-state index contributed by atoms with van der Waals surface area (Å²) in [5.74, 6) is 26.8. The lowest BCUT2D eigenvalue weighted by Crippen LogP contribution is -2.37. The highest BCUT2D eigenvalue weighted by Gasteiger charge is 2.67. The molecule has 0 aromatic rings. The lowest BCUT2D eigenvalue weighted by atomic mass is 9.61. The fourth-order valence-electron chi connectivity index (χ4n) is 42.2. The first-order chi connectivity index (χ1) is 67.1. The molecule has 0 N–H and O–H groups in total. The van der Waals surface area contributed by atoms with Crippen LogP contribution in [0.2, 0.25) is 0 Å². The van der Waals surface area contributed by atoms with Crippen LogP contribution in [0.25, 0.3) is 0 Å². The van der Waals surface area contributed by atoms with Gasteiger partial charge in [-0.3, -0.25) is 0 Å². The standard InChI is InChI=1S/C15H24.C14H22.C13H22O.C13H22.C12H20O.C12H20.2C10H20.2C9H18.2C8H16.C7H14/c1-3-15(2)8-11-7-12(15)14-10-5-4-9(6-10)13(11)14;1-14(2)7-10-6-11(14)13-9-4-3-8(5-9)12(10)13;1-13(7-3-2-4-8-13)11-9-10-5-6-12(11)14-10;1-3-13(2)8-9-7-12(13)11-6-4-5-10(9)11;1-12(6-2-3-7-12)10-8-9-4-5-11(10)13-9;1-12(2)7-8-6-11(12)10-5-3-4-9(8)10;1-9(2,3)10(4)7-5-6-8-10;1-9(2)10(3)7-5-4-6-8-10;1-8(2)9(3)6-4-5-7-9;1-3-9(2)7-5-4-6-8-9;1-8(2)6-4-3-5-7-8;1-3-8(2)6-4-5-7-8;1-7(2)5-3-4-6-7/h9-14H,3-8H2,1-2H3;8-13H,3-7H2,1-2H3;10-12H,2-9H2,1H3;9-12H,3-8H2,1-2H3;9-11H,2-8H2,1H3;8-11H,3-7H2,1-2H3;5-8H2,1-4H3;9H,4-8H2,1-3H3;8H,4-7H2,1-3H3;3-8H2,1-2H3;2*3-7H2,1-2H3;3-6H2,1-2H3/t9?,10?,11?,12?,13?,14?,15-;;;9?,10?,11?,12?,13-;;;;;;;;;/m0..0........./s1. The first-order valence-corrected chi connectivity index (χ1v) is 66.4. The van der Waals surface area contributed by atoms with Crippen molar-refractivity contribution < 1.29 is 9.47 Å². The van der Waals surface area contributed by atoms with E-state index in [9.17, 15) is 0 Å². The van der Waals surface area contributed by atoms with Gasteiger partial charge in [0.05, 0.1) is 24.4 Å². The molecule has 2 nitrogen and oxygen atoms in total. The molecular formula is C140H252O2. The molecule has 27 fully saturated rings. The second kappa shape index (κ2) is 47.9. The first-order valence-electron chi connectivity index (χ1n) is 66.4. The third kappa shape index (κ3) is 26.7. The van der Waals surface area contributed by atoms with Crippen molar-refractivity contribution in [3.05, 3.63) is 0 Å². The maximum Gasteiger partial charge on any atom is 0.0614 e. The lowest BCUT2D eigenvalue weighted by molar-refractivity contribution is 0.0385. The normalized spacial score (nSPS) is 43.1. The molecule has 4 heterocycles. The van der Waals surface area contributed by atoms with E-state index >= 15 is 0 Å². The molecule has 2 heteroatoms. The van der Waals surface area contributed by atoms with Gasteiger partial charge in [-0.05, 0) is 488 Å². The zero-order chi connectivity index (χ0) is 102. The average Bonchev–Trinajstić information content (AvgIpc) is 1.54. The Labute approximate surface area is 889 Å². The summed E-state index contributed by atoms with van der Waals surface area (Å²) in [6.45, 7) is 68.0. The van der Waals surface area contributed by atoms with Crippen molar-refractivity contribution in [2.45, 2.75) is 668 Å². The monoisotopic (exact) mass is 1970 g/mol. The zero-order valence-corrected chi connectivity index (χ0v) is 101. The Balaban J connectivity index is 0.000000117. The predicted molar refractivity (Wildman–Crippen MR) is 617 cm³/mol. The topological polar surface area (TPSA) is 18.5 Å². The molecule has 142 heavy (non-hydrogen) atoms. The molecule has 0 aromatic carbocycles. The van der Waals surface area contributed by atoms with Crippen LogP contribution in [0, 0.1) is 218 Å². The van der Waals surface area contributed by atoms with Gasteiger partial charge in [0.1, 0.15) is 0 Å². The highest BCUT2D eigenvalue weighted by atomic mass is 16.5. The molecule has 0 radical (unpaired) electrons. The molecule has 23 saturated carbocycles. The quantitative estimate of drug-likeness (QED) is 0.226. The summed E-state index contributed by atoms with van der Waals surface area (Å²) in [6.07, 6.45) is 107. The highest BCUT2D eigenvalue weighted by molar-refractivity contribution is 5.16. The van der Waals surface area contributed by atoms with E-state index in [1.807, 2.05) is 0 Å². The summed E-state index contributed by atoms with van der Waals surface area (Å²) in [4.78, 5) is 0. The van der Waals surface area contributed by atoms with Crippen LogP contribution in [0.4, 0.5) is 0 Å². The fraction of sp³-hybridized carbons (Fsp3) is 1.00. The third-order valence-corrected chi connectivity index (χ3v) is 53.8. The molecule has 27 aliphatic rings. The molecular weight excluding hydrogens is 1710 g/mol. The first kappa shape index (κ1) is 116. The summed E-state index contributed by atoms with van der Waals surface area (Å²) in [5.41, 5.74) is 9.54. The second-order valence-corrected chi connectivity index (χ2v) is 65.8. The van der Waals surface area contributed by atoms with Crippen LogP contribution in [0.15, 0.2) is 0 Å². The van der Waals surface area contributed by atoms with Crippen LogP contribution in [-0.2, 0) is 9.47 Å². The molecule has 824 valence electrons. The summed E-state index contributed by atoms with van der Waals surface area (Å²) < 4.78 is 12.0. The number of hydrogen-bond acceptors (Lipinski definition) is 2. The summed E-state index contributed by atoms with van der Waals surface area (Å²) in [6, 6.07) is 0. The van der Waals surface area contributed by atoms with E-state index < -0.39 is 0 Å². The van der Waals surface area contributed by atoms with Crippen molar-refractivity contribution >= 4 is 0 Å². The van der Waals surface area contributed by atoms with Gasteiger partial charge in [-0.15, -0.1) is 0 Å². The second-order valence-electron chi connectivity index (χ2n) is 65.8. The smallest absolute Gasteiger partial charge is 0.0614 e. The zero-order valence-electron chi connectivity index (χ0n) is 101. The van der Waals surface area contributed by atoms with Gasteiger partial charge >= 0.3 is 0 Å². The van der Waals surface area contributed by atoms with Crippen LogP contribution < -0.4 is 0 Å². The molecule has 0 aromatic heterocycles. The minimum Gasteiger partial charge on any atom is -0.375 e. The molecule has 0 amide bonds. The summed E-state index contributed by atoms with van der Waals surface area (Å²) >= 11 is 0. The largest absolute Gasteiger partial charge is 0.375 e. The highest BCUT2D eigenvalue weighted by Crippen LogP contribution is 2.75. The van der Waals surface area contributed by atoms with Gasteiger partial charge in [-0.25, -0.2) is 0 Å². The third-order valence-electron chi connectivity index (χ3n) is 53.8. The number of ether oxygens (including phenoxy) is 2. The van der Waals surface area contributed by atoms with E-state index in [4.69, 9.17) is 9.47 Å². The van der Waals surface area contributed by atoms with Crippen LogP contribution in [0.3, 0.4) is 0 Å². The summed E-state index contributed by atoms with van der Waals surface area (Å²) in [5, 5.41) is 0. The van der Waals surface area contributed by atoms with Crippen molar-refractivity contribution in [2.75, 3.05) is 0 Å². The molecule has 23 aliphatic carbocycles. The molecule has 4 aliphatic heterocycles. The fourth-order valence-corrected chi connectivity index (χ4v) is 42.2. The Morgan fingerprint density at radius 1 is 0.239 bits per heavy atom. The maximum absolute atomic E-state index is 6.00. The van der Waals surface area contributed by atoms with Gasteiger partial charge < -0.3 is 9.47 Å². The van der Waals surface area contributed by atoms with E-state index in [0.29, 0.717) is 78.6 Å². The molecule has 0 spiro atoms. The van der Waals surface area contributed by atoms with Gasteiger partial charge in [0.15, 0.2) is 0 Å². The number of fused-ring (bicyclic) bond motifs is 32. The van der Waals surface area contributed by atoms with Crippen molar-refractivity contribution in [1.29, 1.82) is 0 Å². The van der Waals surface area contributed by atoms with Gasteiger partial charge in [0.2, 0.25) is 0 Å². The van der Waals surface area contributed by atoms with Crippen molar-refractivity contribution in [2.24, 2.45) is 218 Å².